The van der Waals surface area contributed by atoms with Crippen LogP contribution in [0.2, 0.25) is 0 Å². The average molecular weight is 277 g/mol. The molecule has 1 amide bonds. The van der Waals surface area contributed by atoms with Crippen LogP contribution in [-0.4, -0.2) is 47.4 Å². The van der Waals surface area contributed by atoms with Crippen LogP contribution in [-0.2, 0) is 11.8 Å². The van der Waals surface area contributed by atoms with Crippen LogP contribution < -0.4 is 0 Å². The summed E-state index contributed by atoms with van der Waals surface area (Å²) in [6, 6.07) is 0. The molecule has 5 nitrogen and oxygen atoms in total. The van der Waals surface area contributed by atoms with Gasteiger partial charge < -0.3 is 9.64 Å². The van der Waals surface area contributed by atoms with Gasteiger partial charge in [0.1, 0.15) is 0 Å². The van der Waals surface area contributed by atoms with Crippen molar-refractivity contribution in [3.8, 4) is 0 Å². The van der Waals surface area contributed by atoms with Crippen molar-refractivity contribution < 1.29 is 9.53 Å². The number of ether oxygens (including phenoxy) is 1. The lowest BCUT2D eigenvalue weighted by molar-refractivity contribution is 0.0790. The Labute approximate surface area is 119 Å². The number of hydrogen-bond donors (Lipinski definition) is 0. The van der Waals surface area contributed by atoms with Gasteiger partial charge in [0.25, 0.3) is 5.91 Å². The molecule has 20 heavy (non-hydrogen) atoms. The lowest BCUT2D eigenvalue weighted by atomic mass is 10.0. The van der Waals surface area contributed by atoms with Gasteiger partial charge in [-0.15, -0.1) is 0 Å². The second-order valence-electron chi connectivity index (χ2n) is 6.12. The zero-order valence-corrected chi connectivity index (χ0v) is 12.3. The van der Waals surface area contributed by atoms with Gasteiger partial charge in [0, 0.05) is 39.4 Å². The standard InChI is InChI=1S/C15H23N3O2/c1-17(7-5-11-3-4-11)15(19)13-9-18(2)16-14(13)12-6-8-20-10-12/h9,11-12H,3-8,10H2,1-2H3/t12-/m1/s1. The van der Waals surface area contributed by atoms with Crippen LogP contribution in [0.25, 0.3) is 0 Å². The summed E-state index contributed by atoms with van der Waals surface area (Å²) in [5.41, 5.74) is 1.66. The number of aryl methyl sites for hydroxylation is 1. The minimum absolute atomic E-state index is 0.0978. The predicted octanol–water partition coefficient (Wildman–Crippen LogP) is 1.80. The third kappa shape index (κ3) is 2.87. The Hall–Kier alpha value is -1.36. The Bertz CT molecular complexity index is 487. The molecule has 5 heteroatoms. The van der Waals surface area contributed by atoms with Gasteiger partial charge in [-0.2, -0.15) is 5.10 Å². The summed E-state index contributed by atoms with van der Waals surface area (Å²) in [7, 11) is 3.77. The highest BCUT2D eigenvalue weighted by Crippen LogP contribution is 2.32. The summed E-state index contributed by atoms with van der Waals surface area (Å²) in [4.78, 5) is 14.4. The molecule has 0 spiro atoms. The topological polar surface area (TPSA) is 47.4 Å². The Kier molecular flexibility index (Phi) is 3.78. The normalized spacial score (nSPS) is 22.2. The summed E-state index contributed by atoms with van der Waals surface area (Å²) in [6.07, 6.45) is 6.61. The molecule has 2 fully saturated rings. The first-order chi connectivity index (χ1) is 9.65. The summed E-state index contributed by atoms with van der Waals surface area (Å²) < 4.78 is 7.17. The van der Waals surface area contributed by atoms with Crippen molar-refractivity contribution in [2.24, 2.45) is 13.0 Å². The van der Waals surface area contributed by atoms with Crippen molar-refractivity contribution in [2.75, 3.05) is 26.8 Å². The van der Waals surface area contributed by atoms with E-state index < -0.39 is 0 Å². The molecule has 1 aliphatic carbocycles. The van der Waals surface area contributed by atoms with Gasteiger partial charge in [-0.25, -0.2) is 0 Å². The molecular formula is C15H23N3O2. The molecule has 0 bridgehead atoms. The maximum Gasteiger partial charge on any atom is 0.257 e. The SMILES string of the molecule is CN(CCC1CC1)C(=O)c1cn(C)nc1[C@@H]1CCOC1. The number of hydrogen-bond acceptors (Lipinski definition) is 3. The van der Waals surface area contributed by atoms with Crippen molar-refractivity contribution in [3.05, 3.63) is 17.5 Å². The van der Waals surface area contributed by atoms with E-state index in [2.05, 4.69) is 5.10 Å². The first-order valence-electron chi connectivity index (χ1n) is 7.52. The number of carbonyl (C=O) groups is 1. The van der Waals surface area contributed by atoms with E-state index in [9.17, 15) is 4.79 Å². The van der Waals surface area contributed by atoms with Crippen LogP contribution in [0.3, 0.4) is 0 Å². The van der Waals surface area contributed by atoms with E-state index in [1.165, 1.54) is 12.8 Å². The van der Waals surface area contributed by atoms with Crippen molar-refractivity contribution >= 4 is 5.91 Å². The fraction of sp³-hybridized carbons (Fsp3) is 0.733. The van der Waals surface area contributed by atoms with Crippen LogP contribution in [0.4, 0.5) is 0 Å². The maximum atomic E-state index is 12.6. The molecule has 2 heterocycles. The lowest BCUT2D eigenvalue weighted by Gasteiger charge is -2.17. The van der Waals surface area contributed by atoms with E-state index in [4.69, 9.17) is 4.74 Å². The molecule has 1 aromatic rings. The first kappa shape index (κ1) is 13.6. The third-order valence-electron chi connectivity index (χ3n) is 4.32. The van der Waals surface area contributed by atoms with Crippen molar-refractivity contribution in [3.63, 3.8) is 0 Å². The van der Waals surface area contributed by atoms with Crippen LogP contribution >= 0.6 is 0 Å². The molecule has 2 aliphatic rings. The fourth-order valence-corrected chi connectivity index (χ4v) is 2.81. The van der Waals surface area contributed by atoms with Crippen LogP contribution in [0, 0.1) is 5.92 Å². The van der Waals surface area contributed by atoms with Crippen molar-refractivity contribution in [1.82, 2.24) is 14.7 Å². The minimum atomic E-state index is 0.0978. The zero-order valence-electron chi connectivity index (χ0n) is 12.3. The zero-order chi connectivity index (χ0) is 14.1. The summed E-state index contributed by atoms with van der Waals surface area (Å²) in [5, 5.41) is 4.49. The molecule has 1 aromatic heterocycles. The highest BCUT2D eigenvalue weighted by Gasteiger charge is 2.28. The van der Waals surface area contributed by atoms with E-state index in [0.717, 1.165) is 43.2 Å². The van der Waals surface area contributed by atoms with E-state index in [-0.39, 0.29) is 11.8 Å². The summed E-state index contributed by atoms with van der Waals surface area (Å²) in [5.74, 6) is 1.22. The second-order valence-corrected chi connectivity index (χ2v) is 6.12. The van der Waals surface area contributed by atoms with E-state index >= 15 is 0 Å². The molecule has 1 aliphatic heterocycles. The number of aromatic nitrogens is 2. The van der Waals surface area contributed by atoms with Crippen LogP contribution in [0.15, 0.2) is 6.20 Å². The molecule has 3 rings (SSSR count). The molecular weight excluding hydrogens is 254 g/mol. The highest BCUT2D eigenvalue weighted by molar-refractivity contribution is 5.95. The van der Waals surface area contributed by atoms with Gasteiger partial charge in [-0.05, 0) is 18.8 Å². The van der Waals surface area contributed by atoms with Gasteiger partial charge in [0.15, 0.2) is 0 Å². The molecule has 0 N–H and O–H groups in total. The Morgan fingerprint density at radius 1 is 1.50 bits per heavy atom. The minimum Gasteiger partial charge on any atom is -0.381 e. The third-order valence-corrected chi connectivity index (χ3v) is 4.32. The number of rotatable bonds is 5. The smallest absolute Gasteiger partial charge is 0.257 e. The van der Waals surface area contributed by atoms with Gasteiger partial charge in [-0.1, -0.05) is 12.8 Å². The summed E-state index contributed by atoms with van der Waals surface area (Å²) in [6.45, 7) is 2.30. The first-order valence-corrected chi connectivity index (χ1v) is 7.52. The monoisotopic (exact) mass is 277 g/mol. The Morgan fingerprint density at radius 3 is 2.95 bits per heavy atom. The number of carbonyl (C=O) groups excluding carboxylic acids is 1. The van der Waals surface area contributed by atoms with Crippen molar-refractivity contribution in [2.45, 2.75) is 31.6 Å². The Balaban J connectivity index is 1.72. The van der Waals surface area contributed by atoms with E-state index in [1.807, 2.05) is 25.2 Å². The van der Waals surface area contributed by atoms with Gasteiger partial charge in [0.2, 0.25) is 0 Å². The quantitative estimate of drug-likeness (QED) is 0.824. The molecule has 1 saturated carbocycles. The lowest BCUT2D eigenvalue weighted by Crippen LogP contribution is -2.28. The number of nitrogens with zero attached hydrogens (tertiary/aromatic N) is 3. The predicted molar refractivity (Wildman–Crippen MR) is 75.7 cm³/mol. The molecule has 0 aromatic carbocycles. The molecule has 1 atom stereocenters. The largest absolute Gasteiger partial charge is 0.381 e. The van der Waals surface area contributed by atoms with E-state index in [0.29, 0.717) is 6.61 Å². The van der Waals surface area contributed by atoms with E-state index in [1.54, 1.807) is 4.68 Å². The molecule has 0 unspecified atom stereocenters. The molecule has 110 valence electrons. The van der Waals surface area contributed by atoms with Crippen LogP contribution in [0.5, 0.6) is 0 Å². The van der Waals surface area contributed by atoms with Gasteiger partial charge in [-0.3, -0.25) is 9.48 Å². The second kappa shape index (κ2) is 5.56. The van der Waals surface area contributed by atoms with Crippen molar-refractivity contribution in [1.29, 1.82) is 0 Å². The highest BCUT2D eigenvalue weighted by atomic mass is 16.5. The molecule has 1 saturated heterocycles. The summed E-state index contributed by atoms with van der Waals surface area (Å²) >= 11 is 0. The van der Waals surface area contributed by atoms with Gasteiger partial charge in [0.05, 0.1) is 17.9 Å². The molecule has 0 radical (unpaired) electrons. The number of amides is 1. The van der Waals surface area contributed by atoms with Crippen LogP contribution in [0.1, 0.15) is 47.7 Å². The average Bonchev–Trinajstić information content (AvgIpc) is 2.95. The maximum absolute atomic E-state index is 12.6. The Morgan fingerprint density at radius 2 is 2.30 bits per heavy atom. The fourth-order valence-electron chi connectivity index (χ4n) is 2.81. The van der Waals surface area contributed by atoms with Gasteiger partial charge >= 0.3 is 0 Å².